The highest BCUT2D eigenvalue weighted by Crippen LogP contribution is 2.33. The fourth-order valence-electron chi connectivity index (χ4n) is 1.80. The molecule has 98 valence electrons. The lowest BCUT2D eigenvalue weighted by Crippen LogP contribution is -2.17. The van der Waals surface area contributed by atoms with Crippen molar-refractivity contribution in [3.05, 3.63) is 28.8 Å². The summed E-state index contributed by atoms with van der Waals surface area (Å²) in [6.07, 6.45) is 0. The van der Waals surface area contributed by atoms with Gasteiger partial charge < -0.3 is 9.84 Å². The zero-order valence-corrected chi connectivity index (χ0v) is 11.3. The van der Waals surface area contributed by atoms with Gasteiger partial charge in [0.15, 0.2) is 0 Å². The van der Waals surface area contributed by atoms with Crippen LogP contribution in [-0.2, 0) is 10.2 Å². The minimum Gasteiger partial charge on any atom is -0.496 e. The Balaban J connectivity index is 3.45. The molecule has 18 heavy (non-hydrogen) atoms. The van der Waals surface area contributed by atoms with Gasteiger partial charge in [-0.3, -0.25) is 4.79 Å². The van der Waals surface area contributed by atoms with E-state index < -0.39 is 11.8 Å². The van der Waals surface area contributed by atoms with Crippen LogP contribution < -0.4 is 4.74 Å². The molecular formula is C14H18O4. The Hall–Kier alpha value is -1.84. The fourth-order valence-corrected chi connectivity index (χ4v) is 1.80. The van der Waals surface area contributed by atoms with Crippen molar-refractivity contribution in [2.45, 2.75) is 33.1 Å². The van der Waals surface area contributed by atoms with Gasteiger partial charge in [-0.2, -0.15) is 0 Å². The van der Waals surface area contributed by atoms with E-state index in [0.29, 0.717) is 11.3 Å². The van der Waals surface area contributed by atoms with Crippen molar-refractivity contribution in [3.8, 4) is 5.75 Å². The van der Waals surface area contributed by atoms with Crippen molar-refractivity contribution in [1.29, 1.82) is 0 Å². The van der Waals surface area contributed by atoms with Gasteiger partial charge in [0, 0.05) is 5.56 Å². The molecule has 0 aliphatic rings. The molecule has 0 saturated heterocycles. The largest absolute Gasteiger partial charge is 0.496 e. The number of carbonyl (C=O) groups excluding carboxylic acids is 1. The lowest BCUT2D eigenvalue weighted by Gasteiger charge is -2.23. The maximum absolute atomic E-state index is 11.5. The SMILES string of the molecule is COc1cc(C(=O)C(=O)O)c(C)cc1C(C)(C)C. The Kier molecular flexibility index (Phi) is 3.79. The third-order valence-corrected chi connectivity index (χ3v) is 2.79. The average Bonchev–Trinajstić information content (AvgIpc) is 2.26. The van der Waals surface area contributed by atoms with Crippen LogP contribution in [-0.4, -0.2) is 24.0 Å². The van der Waals surface area contributed by atoms with Gasteiger partial charge in [-0.1, -0.05) is 26.8 Å². The molecule has 0 saturated carbocycles. The molecule has 0 amide bonds. The topological polar surface area (TPSA) is 63.6 Å². The minimum absolute atomic E-state index is 0.138. The third-order valence-electron chi connectivity index (χ3n) is 2.79. The molecule has 4 heteroatoms. The van der Waals surface area contributed by atoms with Crippen LogP contribution in [0.2, 0.25) is 0 Å². The summed E-state index contributed by atoms with van der Waals surface area (Å²) < 4.78 is 5.25. The highest BCUT2D eigenvalue weighted by Gasteiger charge is 2.24. The predicted molar refractivity (Wildman–Crippen MR) is 68.4 cm³/mol. The Morgan fingerprint density at radius 2 is 1.78 bits per heavy atom. The van der Waals surface area contributed by atoms with Gasteiger partial charge in [0.05, 0.1) is 7.11 Å². The van der Waals surface area contributed by atoms with Gasteiger partial charge in [-0.25, -0.2) is 4.79 Å². The second-order valence-electron chi connectivity index (χ2n) is 5.25. The first-order valence-corrected chi connectivity index (χ1v) is 5.65. The van der Waals surface area contributed by atoms with Crippen molar-refractivity contribution in [1.82, 2.24) is 0 Å². The van der Waals surface area contributed by atoms with Gasteiger partial charge in [-0.05, 0) is 29.5 Å². The summed E-state index contributed by atoms with van der Waals surface area (Å²) in [5.74, 6) is -1.83. The van der Waals surface area contributed by atoms with Gasteiger partial charge in [0.2, 0.25) is 0 Å². The Labute approximate surface area is 107 Å². The number of benzene rings is 1. The van der Waals surface area contributed by atoms with Gasteiger partial charge in [0.25, 0.3) is 5.78 Å². The monoisotopic (exact) mass is 250 g/mol. The maximum atomic E-state index is 11.5. The van der Waals surface area contributed by atoms with Crippen LogP contribution in [0.5, 0.6) is 5.75 Å². The number of ether oxygens (including phenoxy) is 1. The highest BCUT2D eigenvalue weighted by atomic mass is 16.5. The number of Topliss-reactive ketones (excluding diaryl/α,β-unsaturated/α-hetero) is 1. The van der Waals surface area contributed by atoms with E-state index in [0.717, 1.165) is 5.56 Å². The lowest BCUT2D eigenvalue weighted by molar-refractivity contribution is -0.131. The molecular weight excluding hydrogens is 232 g/mol. The molecule has 4 nitrogen and oxygen atoms in total. The molecule has 1 rings (SSSR count). The smallest absolute Gasteiger partial charge is 0.377 e. The molecule has 0 aromatic heterocycles. The number of methoxy groups -OCH3 is 1. The zero-order valence-electron chi connectivity index (χ0n) is 11.3. The number of hydrogen-bond donors (Lipinski definition) is 1. The zero-order chi connectivity index (χ0) is 14.1. The number of rotatable bonds is 3. The fraction of sp³-hybridized carbons (Fsp3) is 0.429. The van der Waals surface area contributed by atoms with Crippen LogP contribution in [0.25, 0.3) is 0 Å². The van der Waals surface area contributed by atoms with Crippen molar-refractivity contribution in [3.63, 3.8) is 0 Å². The van der Waals surface area contributed by atoms with Crippen molar-refractivity contribution < 1.29 is 19.4 Å². The summed E-state index contributed by atoms with van der Waals surface area (Å²) in [6.45, 7) is 7.82. The number of ketones is 1. The molecule has 1 aromatic rings. The van der Waals surface area contributed by atoms with Crippen LogP contribution in [0.4, 0.5) is 0 Å². The number of aryl methyl sites for hydroxylation is 1. The van der Waals surface area contributed by atoms with Gasteiger partial charge >= 0.3 is 5.97 Å². The van der Waals surface area contributed by atoms with Crippen LogP contribution in [0.15, 0.2) is 12.1 Å². The lowest BCUT2D eigenvalue weighted by atomic mass is 9.84. The molecule has 0 radical (unpaired) electrons. The van der Waals surface area contributed by atoms with Crippen LogP contribution in [0.1, 0.15) is 42.3 Å². The Morgan fingerprint density at radius 1 is 1.22 bits per heavy atom. The van der Waals surface area contributed by atoms with E-state index in [1.165, 1.54) is 13.2 Å². The molecule has 0 spiro atoms. The summed E-state index contributed by atoms with van der Waals surface area (Å²) in [7, 11) is 1.51. The first-order chi connectivity index (χ1) is 8.18. The third kappa shape index (κ3) is 2.70. The normalized spacial score (nSPS) is 11.2. The summed E-state index contributed by atoms with van der Waals surface area (Å²) in [5.41, 5.74) is 1.63. The number of hydrogen-bond acceptors (Lipinski definition) is 3. The van der Waals surface area contributed by atoms with Gasteiger partial charge in [0.1, 0.15) is 5.75 Å². The van der Waals surface area contributed by atoms with E-state index in [-0.39, 0.29) is 11.0 Å². The number of aliphatic carboxylic acids is 1. The molecule has 0 atom stereocenters. The van der Waals surface area contributed by atoms with E-state index in [4.69, 9.17) is 9.84 Å². The Morgan fingerprint density at radius 3 is 2.17 bits per heavy atom. The molecule has 0 heterocycles. The summed E-state index contributed by atoms with van der Waals surface area (Å²) >= 11 is 0. The number of carbonyl (C=O) groups is 2. The second-order valence-corrected chi connectivity index (χ2v) is 5.25. The second kappa shape index (κ2) is 4.80. The molecule has 1 N–H and O–H groups in total. The highest BCUT2D eigenvalue weighted by molar-refractivity contribution is 6.40. The predicted octanol–water partition coefficient (Wildman–Crippen LogP) is 2.57. The molecule has 0 fully saturated rings. The van der Waals surface area contributed by atoms with Crippen LogP contribution >= 0.6 is 0 Å². The van der Waals surface area contributed by atoms with E-state index in [1.54, 1.807) is 6.92 Å². The molecule has 1 aromatic carbocycles. The minimum atomic E-state index is -1.45. The summed E-state index contributed by atoms with van der Waals surface area (Å²) in [4.78, 5) is 22.3. The van der Waals surface area contributed by atoms with E-state index in [9.17, 15) is 9.59 Å². The molecule has 0 bridgehead atoms. The van der Waals surface area contributed by atoms with Crippen molar-refractivity contribution in [2.24, 2.45) is 0 Å². The van der Waals surface area contributed by atoms with E-state index in [2.05, 4.69) is 0 Å². The average molecular weight is 250 g/mol. The molecule has 0 aliphatic carbocycles. The van der Waals surface area contributed by atoms with Crippen molar-refractivity contribution in [2.75, 3.05) is 7.11 Å². The number of carboxylic acids is 1. The standard InChI is InChI=1S/C14H18O4/c1-8-6-10(14(2,3)4)11(18-5)7-9(8)12(15)13(16)17/h6-7H,1-5H3,(H,16,17). The molecule has 0 aliphatic heterocycles. The first-order valence-electron chi connectivity index (χ1n) is 5.65. The summed E-state index contributed by atoms with van der Waals surface area (Å²) in [6, 6.07) is 3.32. The van der Waals surface area contributed by atoms with E-state index in [1.807, 2.05) is 26.8 Å². The van der Waals surface area contributed by atoms with Crippen LogP contribution in [0, 0.1) is 6.92 Å². The van der Waals surface area contributed by atoms with Crippen molar-refractivity contribution >= 4 is 11.8 Å². The van der Waals surface area contributed by atoms with Gasteiger partial charge in [-0.15, -0.1) is 0 Å². The Bertz CT molecular complexity index is 495. The van der Waals surface area contributed by atoms with Crippen LogP contribution in [0.3, 0.4) is 0 Å². The first kappa shape index (κ1) is 14.2. The quantitative estimate of drug-likeness (QED) is 0.661. The molecule has 0 unspecified atom stereocenters. The van der Waals surface area contributed by atoms with E-state index >= 15 is 0 Å². The number of carboxylic acid groups (broad SMARTS) is 1. The maximum Gasteiger partial charge on any atom is 0.377 e. The summed E-state index contributed by atoms with van der Waals surface area (Å²) in [5, 5.41) is 8.76.